The van der Waals surface area contributed by atoms with Crippen molar-refractivity contribution in [2.24, 2.45) is 0 Å². The van der Waals surface area contributed by atoms with Crippen molar-refractivity contribution in [3.05, 3.63) is 24.0 Å². The van der Waals surface area contributed by atoms with Gasteiger partial charge < -0.3 is 14.8 Å². The molecular formula is C13H19FN2O2. The van der Waals surface area contributed by atoms with Crippen LogP contribution in [0.15, 0.2) is 18.2 Å². The molecule has 100 valence electrons. The first-order valence-electron chi connectivity index (χ1n) is 6.17. The van der Waals surface area contributed by atoms with Crippen LogP contribution in [0.5, 0.6) is 5.75 Å². The number of benzene rings is 1. The third kappa shape index (κ3) is 3.58. The maximum atomic E-state index is 13.1. The summed E-state index contributed by atoms with van der Waals surface area (Å²) in [6.07, 6.45) is 0. The fourth-order valence-corrected chi connectivity index (χ4v) is 1.99. The first-order valence-corrected chi connectivity index (χ1v) is 6.17. The van der Waals surface area contributed by atoms with Crippen LogP contribution in [0.1, 0.15) is 0 Å². The summed E-state index contributed by atoms with van der Waals surface area (Å²) in [4.78, 5) is 2.32. The highest BCUT2D eigenvalue weighted by molar-refractivity contribution is 5.56. The van der Waals surface area contributed by atoms with Gasteiger partial charge in [0.05, 0.1) is 26.0 Å². The van der Waals surface area contributed by atoms with Crippen LogP contribution in [0.2, 0.25) is 0 Å². The average molecular weight is 254 g/mol. The molecule has 1 saturated heterocycles. The molecule has 0 radical (unpaired) electrons. The van der Waals surface area contributed by atoms with Crippen molar-refractivity contribution in [3.63, 3.8) is 0 Å². The Morgan fingerprint density at radius 1 is 1.39 bits per heavy atom. The van der Waals surface area contributed by atoms with Crippen LogP contribution in [0.4, 0.5) is 10.1 Å². The second-order valence-electron chi connectivity index (χ2n) is 4.23. The maximum Gasteiger partial charge on any atom is 0.142 e. The van der Waals surface area contributed by atoms with Gasteiger partial charge >= 0.3 is 0 Å². The Balaban J connectivity index is 1.83. The number of halogens is 1. The van der Waals surface area contributed by atoms with Crippen LogP contribution >= 0.6 is 0 Å². The standard InChI is InChI=1S/C13H19FN2O2/c1-17-13-3-2-11(14)10-12(13)15-4-5-16-6-8-18-9-7-16/h2-3,10,15H,4-9H2,1H3. The molecule has 1 N–H and O–H groups in total. The summed E-state index contributed by atoms with van der Waals surface area (Å²) in [6.45, 7) is 5.19. The van der Waals surface area contributed by atoms with E-state index >= 15 is 0 Å². The van der Waals surface area contributed by atoms with Crippen molar-refractivity contribution in [1.29, 1.82) is 0 Å². The van der Waals surface area contributed by atoms with Crippen molar-refractivity contribution < 1.29 is 13.9 Å². The summed E-state index contributed by atoms with van der Waals surface area (Å²) < 4.78 is 23.6. The number of nitrogens with zero attached hydrogens (tertiary/aromatic N) is 1. The lowest BCUT2D eigenvalue weighted by atomic mass is 10.2. The van der Waals surface area contributed by atoms with Crippen molar-refractivity contribution >= 4 is 5.69 Å². The van der Waals surface area contributed by atoms with Gasteiger partial charge in [0.25, 0.3) is 0 Å². The molecule has 0 unspecified atom stereocenters. The Morgan fingerprint density at radius 2 is 2.17 bits per heavy atom. The molecule has 1 heterocycles. The van der Waals surface area contributed by atoms with E-state index in [4.69, 9.17) is 9.47 Å². The van der Waals surface area contributed by atoms with Gasteiger partial charge in [-0.25, -0.2) is 4.39 Å². The van der Waals surface area contributed by atoms with Gasteiger partial charge in [-0.15, -0.1) is 0 Å². The summed E-state index contributed by atoms with van der Waals surface area (Å²) in [5, 5.41) is 3.20. The summed E-state index contributed by atoms with van der Waals surface area (Å²) in [6, 6.07) is 4.48. The molecule has 1 aliphatic heterocycles. The Bertz CT molecular complexity index is 381. The third-order valence-corrected chi connectivity index (χ3v) is 3.01. The van der Waals surface area contributed by atoms with Gasteiger partial charge in [-0.1, -0.05) is 0 Å². The number of methoxy groups -OCH3 is 1. The summed E-state index contributed by atoms with van der Waals surface area (Å²) in [7, 11) is 1.58. The van der Waals surface area contributed by atoms with Gasteiger partial charge in [0.2, 0.25) is 0 Å². The zero-order chi connectivity index (χ0) is 12.8. The molecule has 0 atom stereocenters. The molecule has 18 heavy (non-hydrogen) atoms. The second-order valence-corrected chi connectivity index (χ2v) is 4.23. The molecule has 0 saturated carbocycles. The quantitative estimate of drug-likeness (QED) is 0.865. The van der Waals surface area contributed by atoms with Gasteiger partial charge in [-0.3, -0.25) is 4.90 Å². The lowest BCUT2D eigenvalue weighted by molar-refractivity contribution is 0.0398. The van der Waals surface area contributed by atoms with Crippen LogP contribution in [-0.2, 0) is 4.74 Å². The molecule has 0 aromatic heterocycles. The van der Waals surface area contributed by atoms with E-state index in [0.717, 1.165) is 39.4 Å². The van der Waals surface area contributed by atoms with Crippen LogP contribution in [-0.4, -0.2) is 51.4 Å². The molecule has 0 aliphatic carbocycles. The second kappa shape index (κ2) is 6.56. The van der Waals surface area contributed by atoms with E-state index in [2.05, 4.69) is 10.2 Å². The van der Waals surface area contributed by atoms with E-state index in [1.54, 1.807) is 13.2 Å². The highest BCUT2D eigenvalue weighted by atomic mass is 19.1. The van der Waals surface area contributed by atoms with Gasteiger partial charge in [0, 0.05) is 32.2 Å². The monoisotopic (exact) mass is 254 g/mol. The number of morpholine rings is 1. The van der Waals surface area contributed by atoms with E-state index in [9.17, 15) is 4.39 Å². The lowest BCUT2D eigenvalue weighted by Gasteiger charge is -2.26. The molecule has 0 bridgehead atoms. The Hall–Kier alpha value is -1.33. The lowest BCUT2D eigenvalue weighted by Crippen LogP contribution is -2.39. The largest absolute Gasteiger partial charge is 0.495 e. The zero-order valence-electron chi connectivity index (χ0n) is 10.6. The number of ether oxygens (including phenoxy) is 2. The highest BCUT2D eigenvalue weighted by Gasteiger charge is 2.10. The predicted molar refractivity (Wildman–Crippen MR) is 68.7 cm³/mol. The smallest absolute Gasteiger partial charge is 0.142 e. The normalized spacial score (nSPS) is 16.6. The Morgan fingerprint density at radius 3 is 2.89 bits per heavy atom. The van der Waals surface area contributed by atoms with Crippen molar-refractivity contribution in [2.75, 3.05) is 51.8 Å². The summed E-state index contributed by atoms with van der Waals surface area (Å²) in [5.41, 5.74) is 0.700. The van der Waals surface area contributed by atoms with E-state index < -0.39 is 0 Å². The zero-order valence-corrected chi connectivity index (χ0v) is 10.6. The topological polar surface area (TPSA) is 33.7 Å². The maximum absolute atomic E-state index is 13.1. The number of hydrogen-bond acceptors (Lipinski definition) is 4. The molecular weight excluding hydrogens is 235 g/mol. The van der Waals surface area contributed by atoms with Crippen molar-refractivity contribution in [1.82, 2.24) is 4.90 Å². The number of rotatable bonds is 5. The minimum atomic E-state index is -0.260. The first kappa shape index (κ1) is 13.1. The molecule has 4 nitrogen and oxygen atoms in total. The Labute approximate surface area is 107 Å². The number of nitrogens with one attached hydrogen (secondary N) is 1. The van der Waals surface area contributed by atoms with Gasteiger partial charge in [0.15, 0.2) is 0 Å². The van der Waals surface area contributed by atoms with Crippen LogP contribution < -0.4 is 10.1 Å². The van der Waals surface area contributed by atoms with Crippen LogP contribution in [0.25, 0.3) is 0 Å². The predicted octanol–water partition coefficient (Wildman–Crippen LogP) is 1.58. The Kier molecular flexibility index (Phi) is 4.78. The van der Waals surface area contributed by atoms with Gasteiger partial charge in [0.1, 0.15) is 11.6 Å². The van der Waals surface area contributed by atoms with Crippen molar-refractivity contribution in [2.45, 2.75) is 0 Å². The number of anilines is 1. The fourth-order valence-electron chi connectivity index (χ4n) is 1.99. The summed E-state index contributed by atoms with van der Waals surface area (Å²) >= 11 is 0. The molecule has 0 spiro atoms. The van der Waals surface area contributed by atoms with Crippen LogP contribution in [0.3, 0.4) is 0 Å². The SMILES string of the molecule is COc1ccc(F)cc1NCCN1CCOCC1. The third-order valence-electron chi connectivity index (χ3n) is 3.01. The summed E-state index contributed by atoms with van der Waals surface area (Å²) in [5.74, 6) is 0.406. The molecule has 1 fully saturated rings. The molecule has 0 amide bonds. The highest BCUT2D eigenvalue weighted by Crippen LogP contribution is 2.24. The van der Waals surface area contributed by atoms with Gasteiger partial charge in [-0.2, -0.15) is 0 Å². The fraction of sp³-hybridized carbons (Fsp3) is 0.538. The number of hydrogen-bond donors (Lipinski definition) is 1. The van der Waals surface area contributed by atoms with E-state index in [1.807, 2.05) is 0 Å². The average Bonchev–Trinajstić information content (AvgIpc) is 2.40. The van der Waals surface area contributed by atoms with Gasteiger partial charge in [-0.05, 0) is 12.1 Å². The molecule has 1 aliphatic rings. The molecule has 5 heteroatoms. The minimum absolute atomic E-state index is 0.260. The molecule has 2 rings (SSSR count). The first-order chi connectivity index (χ1) is 8.79. The van der Waals surface area contributed by atoms with Crippen LogP contribution in [0, 0.1) is 5.82 Å². The van der Waals surface area contributed by atoms with E-state index in [0.29, 0.717) is 11.4 Å². The van der Waals surface area contributed by atoms with E-state index in [-0.39, 0.29) is 5.82 Å². The van der Waals surface area contributed by atoms with Crippen molar-refractivity contribution in [3.8, 4) is 5.75 Å². The molecule has 1 aromatic carbocycles. The molecule has 1 aromatic rings. The van der Waals surface area contributed by atoms with E-state index in [1.165, 1.54) is 12.1 Å². The minimum Gasteiger partial charge on any atom is -0.495 e.